The number of para-hydroxylation sites is 1. The first-order chi connectivity index (χ1) is 13.2. The number of rotatable bonds is 6. The van der Waals surface area contributed by atoms with Crippen LogP contribution in [0.4, 0.5) is 5.69 Å². The zero-order valence-electron chi connectivity index (χ0n) is 16.9. The largest absolute Gasteiger partial charge is 0.347 e. The van der Waals surface area contributed by atoms with Gasteiger partial charge in [-0.05, 0) is 63.4 Å². The maximum atomic E-state index is 13.4. The van der Waals surface area contributed by atoms with Crippen molar-refractivity contribution < 1.29 is 13.2 Å². The maximum Gasteiger partial charge on any atom is 0.264 e. The monoisotopic (exact) mass is 400 g/mol. The molecule has 0 saturated carbocycles. The highest BCUT2D eigenvalue weighted by Crippen LogP contribution is 2.36. The summed E-state index contributed by atoms with van der Waals surface area (Å²) in [5.74, 6) is -0.259. The van der Waals surface area contributed by atoms with Gasteiger partial charge in [-0.25, -0.2) is 8.42 Å². The zero-order chi connectivity index (χ0) is 20.5. The van der Waals surface area contributed by atoms with Crippen LogP contribution in [0.5, 0.6) is 0 Å². The number of fused-ring (bicyclic) bond motifs is 1. The molecule has 1 atom stereocenters. The highest BCUT2D eigenvalue weighted by atomic mass is 32.2. The highest BCUT2D eigenvalue weighted by Gasteiger charge is 2.36. The van der Waals surface area contributed by atoms with Gasteiger partial charge >= 0.3 is 0 Å². The lowest BCUT2D eigenvalue weighted by atomic mass is 9.98. The smallest absolute Gasteiger partial charge is 0.264 e. The van der Waals surface area contributed by atoms with E-state index >= 15 is 0 Å². The number of benzene rings is 2. The topological polar surface area (TPSA) is 66.5 Å². The number of sulfonamides is 1. The Labute approximate surface area is 167 Å². The quantitative estimate of drug-likeness (QED) is 0.793. The summed E-state index contributed by atoms with van der Waals surface area (Å²) in [4.78, 5) is 12.8. The van der Waals surface area contributed by atoms with E-state index in [1.165, 1.54) is 10.4 Å². The van der Waals surface area contributed by atoms with E-state index in [-0.39, 0.29) is 22.4 Å². The number of anilines is 1. The lowest BCUT2D eigenvalue weighted by Crippen LogP contribution is -2.43. The maximum absolute atomic E-state index is 13.4. The Morgan fingerprint density at radius 2 is 1.89 bits per heavy atom. The van der Waals surface area contributed by atoms with E-state index in [0.29, 0.717) is 17.7 Å². The fraction of sp³-hybridized carbons (Fsp3) is 0.409. The molecule has 0 saturated heterocycles. The zero-order valence-corrected chi connectivity index (χ0v) is 17.7. The first-order valence-corrected chi connectivity index (χ1v) is 11.1. The van der Waals surface area contributed by atoms with E-state index in [9.17, 15) is 13.2 Å². The van der Waals surface area contributed by atoms with Crippen molar-refractivity contribution in [2.45, 2.75) is 63.4 Å². The molecule has 2 aromatic carbocycles. The van der Waals surface area contributed by atoms with Crippen molar-refractivity contribution in [1.82, 2.24) is 5.32 Å². The van der Waals surface area contributed by atoms with Crippen LogP contribution in [-0.2, 0) is 16.4 Å². The molecule has 1 unspecified atom stereocenters. The molecule has 1 amide bonds. The molecule has 0 bridgehead atoms. The number of hydrogen-bond donors (Lipinski definition) is 1. The molecule has 0 spiro atoms. The molecule has 0 radical (unpaired) electrons. The van der Waals surface area contributed by atoms with Crippen LogP contribution in [0, 0.1) is 0 Å². The molecule has 2 aromatic rings. The second-order valence-corrected chi connectivity index (χ2v) is 9.91. The SMILES string of the molecule is CCCC(C)(C)NC(=O)c1cccc(S(=O)(=O)N2c3ccccc3CC2C)c1. The lowest BCUT2D eigenvalue weighted by molar-refractivity contribution is 0.0909. The van der Waals surface area contributed by atoms with Crippen LogP contribution in [0.15, 0.2) is 53.4 Å². The molecular formula is C22H28N2O3S. The van der Waals surface area contributed by atoms with Crippen molar-refractivity contribution in [2.75, 3.05) is 4.31 Å². The van der Waals surface area contributed by atoms with Crippen LogP contribution in [0.3, 0.4) is 0 Å². The van der Waals surface area contributed by atoms with Gasteiger partial charge in [0.15, 0.2) is 0 Å². The molecule has 5 nitrogen and oxygen atoms in total. The molecule has 28 heavy (non-hydrogen) atoms. The lowest BCUT2D eigenvalue weighted by Gasteiger charge is -2.26. The van der Waals surface area contributed by atoms with Crippen molar-refractivity contribution in [3.8, 4) is 0 Å². The average Bonchev–Trinajstić information content (AvgIpc) is 2.97. The Kier molecular flexibility index (Phi) is 5.53. The van der Waals surface area contributed by atoms with E-state index in [0.717, 1.165) is 18.4 Å². The Balaban J connectivity index is 1.92. The molecule has 1 N–H and O–H groups in total. The average molecular weight is 401 g/mol. The summed E-state index contributed by atoms with van der Waals surface area (Å²) in [6, 6.07) is 13.7. The molecule has 0 aliphatic carbocycles. The van der Waals surface area contributed by atoms with E-state index < -0.39 is 10.0 Å². The Morgan fingerprint density at radius 1 is 1.18 bits per heavy atom. The van der Waals surface area contributed by atoms with Crippen molar-refractivity contribution in [1.29, 1.82) is 0 Å². The van der Waals surface area contributed by atoms with Gasteiger partial charge in [-0.1, -0.05) is 37.6 Å². The van der Waals surface area contributed by atoms with Crippen molar-refractivity contribution in [2.24, 2.45) is 0 Å². The van der Waals surface area contributed by atoms with Crippen LogP contribution >= 0.6 is 0 Å². The summed E-state index contributed by atoms with van der Waals surface area (Å²) in [6.07, 6.45) is 2.48. The molecule has 1 heterocycles. The number of carbonyl (C=O) groups excluding carboxylic acids is 1. The third kappa shape index (κ3) is 3.92. The van der Waals surface area contributed by atoms with E-state index in [1.54, 1.807) is 18.2 Å². The summed E-state index contributed by atoms with van der Waals surface area (Å²) in [6.45, 7) is 7.91. The molecule has 3 rings (SSSR count). The van der Waals surface area contributed by atoms with Gasteiger partial charge in [0.05, 0.1) is 10.6 Å². The Morgan fingerprint density at radius 3 is 2.61 bits per heavy atom. The molecule has 0 aromatic heterocycles. The highest BCUT2D eigenvalue weighted by molar-refractivity contribution is 7.92. The fourth-order valence-corrected chi connectivity index (χ4v) is 5.62. The number of amides is 1. The van der Waals surface area contributed by atoms with Gasteiger partial charge in [0.1, 0.15) is 0 Å². The molecular weight excluding hydrogens is 372 g/mol. The van der Waals surface area contributed by atoms with E-state index in [4.69, 9.17) is 0 Å². The second kappa shape index (κ2) is 7.59. The van der Waals surface area contributed by atoms with Gasteiger partial charge in [-0.15, -0.1) is 0 Å². The van der Waals surface area contributed by atoms with Crippen molar-refractivity contribution in [3.05, 3.63) is 59.7 Å². The van der Waals surface area contributed by atoms with Gasteiger partial charge in [0.25, 0.3) is 15.9 Å². The Hall–Kier alpha value is -2.34. The van der Waals surface area contributed by atoms with Gasteiger partial charge in [0.2, 0.25) is 0 Å². The fourth-order valence-electron chi connectivity index (χ4n) is 3.88. The number of hydrogen-bond acceptors (Lipinski definition) is 3. The summed E-state index contributed by atoms with van der Waals surface area (Å²) in [5, 5.41) is 3.00. The third-order valence-electron chi connectivity index (χ3n) is 5.12. The minimum absolute atomic E-state index is 0.136. The Bertz CT molecular complexity index is 983. The van der Waals surface area contributed by atoms with Crippen LogP contribution in [0.2, 0.25) is 0 Å². The summed E-state index contributed by atoms with van der Waals surface area (Å²) in [5.41, 5.74) is 1.75. The molecule has 1 aliphatic rings. The minimum atomic E-state index is -3.76. The van der Waals surface area contributed by atoms with Crippen LogP contribution < -0.4 is 9.62 Å². The number of carbonyl (C=O) groups is 1. The van der Waals surface area contributed by atoms with Gasteiger partial charge in [-0.3, -0.25) is 9.10 Å². The first-order valence-electron chi connectivity index (χ1n) is 9.70. The molecule has 6 heteroatoms. The van der Waals surface area contributed by atoms with Gasteiger partial charge in [-0.2, -0.15) is 0 Å². The summed E-state index contributed by atoms with van der Waals surface area (Å²) in [7, 11) is -3.76. The van der Waals surface area contributed by atoms with Crippen LogP contribution in [0.25, 0.3) is 0 Å². The first kappa shape index (κ1) is 20.4. The molecule has 150 valence electrons. The third-order valence-corrected chi connectivity index (χ3v) is 7.05. The van der Waals surface area contributed by atoms with E-state index in [2.05, 4.69) is 12.2 Å². The van der Waals surface area contributed by atoms with Gasteiger partial charge in [0, 0.05) is 17.1 Å². The minimum Gasteiger partial charge on any atom is -0.347 e. The normalized spacial score (nSPS) is 16.7. The summed E-state index contributed by atoms with van der Waals surface area (Å²) < 4.78 is 28.2. The standard InChI is InChI=1S/C22H28N2O3S/c1-5-13-22(3,4)23-21(25)18-10-8-11-19(15-18)28(26,27)24-16(2)14-17-9-6-7-12-20(17)24/h6-12,15-16H,5,13-14H2,1-4H3,(H,23,25). The van der Waals surface area contributed by atoms with Crippen molar-refractivity contribution >= 4 is 21.6 Å². The predicted octanol–water partition coefficient (Wildman–Crippen LogP) is 4.14. The predicted molar refractivity (Wildman–Crippen MR) is 112 cm³/mol. The second-order valence-electron chi connectivity index (χ2n) is 8.10. The van der Waals surface area contributed by atoms with Gasteiger partial charge < -0.3 is 5.32 Å². The summed E-state index contributed by atoms with van der Waals surface area (Å²) >= 11 is 0. The van der Waals surface area contributed by atoms with Crippen LogP contribution in [-0.4, -0.2) is 25.9 Å². The van der Waals surface area contributed by atoms with Crippen LogP contribution in [0.1, 0.15) is 56.5 Å². The van der Waals surface area contributed by atoms with E-state index in [1.807, 2.05) is 45.0 Å². The van der Waals surface area contributed by atoms with Crippen molar-refractivity contribution in [3.63, 3.8) is 0 Å². The number of nitrogens with zero attached hydrogens (tertiary/aromatic N) is 1. The molecule has 0 fully saturated rings. The number of nitrogens with one attached hydrogen (secondary N) is 1. The molecule has 1 aliphatic heterocycles.